The second kappa shape index (κ2) is 9.96. The number of benzene rings is 2. The van der Waals surface area contributed by atoms with Gasteiger partial charge >= 0.3 is 5.97 Å². The van der Waals surface area contributed by atoms with Crippen molar-refractivity contribution < 1.29 is 22.7 Å². The number of nitrogens with zero attached hydrogens (tertiary/aromatic N) is 1. The molecule has 0 spiro atoms. The minimum Gasteiger partial charge on any atom is -0.462 e. The van der Waals surface area contributed by atoms with Crippen molar-refractivity contribution in [3.63, 3.8) is 0 Å². The van der Waals surface area contributed by atoms with Gasteiger partial charge in [0.15, 0.2) is 0 Å². The predicted octanol–water partition coefficient (Wildman–Crippen LogP) is 3.97. The molecule has 0 aliphatic heterocycles. The van der Waals surface area contributed by atoms with E-state index in [0.29, 0.717) is 16.9 Å². The van der Waals surface area contributed by atoms with Gasteiger partial charge in [0.05, 0.1) is 24.1 Å². The number of hydrogen-bond acceptors (Lipinski definition) is 5. The smallest absolute Gasteiger partial charge is 0.338 e. The number of carbonyl (C=O) groups is 2. The molecular weight excluding hydrogens is 416 g/mol. The number of rotatable bonds is 8. The van der Waals surface area contributed by atoms with Gasteiger partial charge in [-0.15, -0.1) is 0 Å². The number of aryl methyl sites for hydroxylation is 3. The van der Waals surface area contributed by atoms with Crippen molar-refractivity contribution in [2.75, 3.05) is 22.5 Å². The Hall–Kier alpha value is -2.87. The Kier molecular flexibility index (Phi) is 7.84. The van der Waals surface area contributed by atoms with Crippen molar-refractivity contribution in [3.8, 4) is 0 Å². The van der Waals surface area contributed by atoms with Crippen LogP contribution in [-0.4, -0.2) is 39.2 Å². The Balaban J connectivity index is 2.42. The summed E-state index contributed by atoms with van der Waals surface area (Å²) in [5.74, 6) is -0.965. The molecule has 1 N–H and O–H groups in total. The van der Waals surface area contributed by atoms with Crippen LogP contribution in [0.2, 0.25) is 0 Å². The molecule has 0 saturated carbocycles. The molecule has 2 aromatic rings. The highest BCUT2D eigenvalue weighted by molar-refractivity contribution is 7.92. The van der Waals surface area contributed by atoms with Gasteiger partial charge in [-0.25, -0.2) is 13.2 Å². The Labute approximate surface area is 184 Å². The molecule has 8 heteroatoms. The van der Waals surface area contributed by atoms with Crippen LogP contribution in [0, 0.1) is 20.8 Å². The summed E-state index contributed by atoms with van der Waals surface area (Å²) >= 11 is 0. The quantitative estimate of drug-likeness (QED) is 0.620. The third-order valence-corrected chi connectivity index (χ3v) is 6.26. The lowest BCUT2D eigenvalue weighted by Crippen LogP contribution is -2.47. The summed E-state index contributed by atoms with van der Waals surface area (Å²) < 4.78 is 31.5. The average Bonchev–Trinajstić information content (AvgIpc) is 2.69. The van der Waals surface area contributed by atoms with Crippen molar-refractivity contribution in [1.29, 1.82) is 0 Å². The Morgan fingerprint density at radius 1 is 1.00 bits per heavy atom. The van der Waals surface area contributed by atoms with Crippen LogP contribution in [0.1, 0.15) is 47.3 Å². The first-order chi connectivity index (χ1) is 14.5. The van der Waals surface area contributed by atoms with E-state index in [4.69, 9.17) is 4.74 Å². The lowest BCUT2D eigenvalue weighted by atomic mass is 10.1. The molecule has 0 fully saturated rings. The molecule has 31 heavy (non-hydrogen) atoms. The van der Waals surface area contributed by atoms with Crippen molar-refractivity contribution in [2.45, 2.75) is 47.1 Å². The molecular formula is C23H30N2O5S. The predicted molar refractivity (Wildman–Crippen MR) is 123 cm³/mol. The maximum absolute atomic E-state index is 13.2. The zero-order valence-corrected chi connectivity index (χ0v) is 19.7. The monoisotopic (exact) mass is 446 g/mol. The van der Waals surface area contributed by atoms with Crippen LogP contribution >= 0.6 is 0 Å². The topological polar surface area (TPSA) is 92.8 Å². The van der Waals surface area contributed by atoms with E-state index >= 15 is 0 Å². The fourth-order valence-electron chi connectivity index (χ4n) is 3.24. The molecule has 0 aliphatic carbocycles. The third kappa shape index (κ3) is 5.85. The van der Waals surface area contributed by atoms with Gasteiger partial charge in [-0.3, -0.25) is 9.10 Å². The molecule has 168 valence electrons. The first-order valence-corrected chi connectivity index (χ1v) is 12.0. The van der Waals surface area contributed by atoms with E-state index in [2.05, 4.69) is 5.32 Å². The van der Waals surface area contributed by atoms with Crippen molar-refractivity contribution in [2.24, 2.45) is 0 Å². The number of amides is 1. The van der Waals surface area contributed by atoms with Crippen molar-refractivity contribution >= 4 is 33.3 Å². The van der Waals surface area contributed by atoms with Crippen LogP contribution in [0.5, 0.6) is 0 Å². The summed E-state index contributed by atoms with van der Waals surface area (Å²) in [4.78, 5) is 25.2. The van der Waals surface area contributed by atoms with Gasteiger partial charge in [0.1, 0.15) is 6.04 Å². The van der Waals surface area contributed by atoms with E-state index in [9.17, 15) is 18.0 Å². The summed E-state index contributed by atoms with van der Waals surface area (Å²) in [6.45, 7) is 9.34. The third-order valence-electron chi connectivity index (χ3n) is 5.08. The summed E-state index contributed by atoms with van der Waals surface area (Å²) in [6, 6.07) is 9.21. The van der Waals surface area contributed by atoms with Crippen LogP contribution < -0.4 is 9.62 Å². The number of sulfonamides is 1. The molecule has 1 amide bonds. The van der Waals surface area contributed by atoms with E-state index in [0.717, 1.165) is 27.3 Å². The molecule has 0 aliphatic rings. The first kappa shape index (κ1) is 24.4. The molecule has 0 unspecified atom stereocenters. The van der Waals surface area contributed by atoms with Gasteiger partial charge in [-0.05, 0) is 75.1 Å². The molecule has 0 radical (unpaired) electrons. The second-order valence-electron chi connectivity index (χ2n) is 7.49. The van der Waals surface area contributed by atoms with Gasteiger partial charge in [0.25, 0.3) is 0 Å². The highest BCUT2D eigenvalue weighted by Crippen LogP contribution is 2.26. The summed E-state index contributed by atoms with van der Waals surface area (Å²) in [5, 5.41) is 2.79. The molecule has 0 heterocycles. The normalized spacial score (nSPS) is 12.2. The maximum Gasteiger partial charge on any atom is 0.338 e. The van der Waals surface area contributed by atoms with Crippen molar-refractivity contribution in [1.82, 2.24) is 0 Å². The Bertz CT molecular complexity index is 1080. The van der Waals surface area contributed by atoms with Crippen LogP contribution in [-0.2, 0) is 19.6 Å². The number of ether oxygens (including phenoxy) is 1. The lowest BCUT2D eigenvalue weighted by molar-refractivity contribution is -0.117. The first-order valence-electron chi connectivity index (χ1n) is 10.1. The fourth-order valence-corrected chi connectivity index (χ4v) is 4.44. The Morgan fingerprint density at radius 3 is 2.19 bits per heavy atom. The SMILES string of the molecule is CCOC(=O)c1ccc(C)c(NC(=O)[C@@H](CC)N(c2ccc(C)c(C)c2)S(C)(=O)=O)c1. The Morgan fingerprint density at radius 2 is 1.65 bits per heavy atom. The van der Waals surface area contributed by atoms with Crippen LogP contribution in [0.25, 0.3) is 0 Å². The van der Waals surface area contributed by atoms with E-state index in [1.54, 1.807) is 51.1 Å². The highest BCUT2D eigenvalue weighted by atomic mass is 32.2. The number of nitrogens with one attached hydrogen (secondary N) is 1. The fraction of sp³-hybridized carbons (Fsp3) is 0.391. The number of hydrogen-bond donors (Lipinski definition) is 1. The molecule has 0 aromatic heterocycles. The summed E-state index contributed by atoms with van der Waals surface area (Å²) in [5.41, 5.74) is 3.88. The van der Waals surface area contributed by atoms with Gasteiger partial charge in [-0.2, -0.15) is 0 Å². The average molecular weight is 447 g/mol. The van der Waals surface area contributed by atoms with E-state index in [-0.39, 0.29) is 13.0 Å². The standard InChI is InChI=1S/C23H30N2O5S/c1-7-21(25(31(6,28)29)19-12-10-15(3)17(5)13-19)22(26)24-20-14-18(11-9-16(20)4)23(27)30-8-2/h9-14,21H,7-8H2,1-6H3,(H,24,26)/t21-/m1/s1. The summed E-state index contributed by atoms with van der Waals surface area (Å²) in [6.07, 6.45) is 1.35. The number of anilines is 2. The molecule has 7 nitrogen and oxygen atoms in total. The summed E-state index contributed by atoms with van der Waals surface area (Å²) in [7, 11) is -3.74. The second-order valence-corrected chi connectivity index (χ2v) is 9.35. The molecule has 2 rings (SSSR count). The maximum atomic E-state index is 13.2. The minimum atomic E-state index is -3.74. The minimum absolute atomic E-state index is 0.242. The number of esters is 1. The zero-order valence-electron chi connectivity index (χ0n) is 18.9. The number of carbonyl (C=O) groups excluding carboxylic acids is 2. The zero-order chi connectivity index (χ0) is 23.3. The molecule has 2 aromatic carbocycles. The van der Waals surface area contributed by atoms with Gasteiger partial charge < -0.3 is 10.1 Å². The molecule has 0 bridgehead atoms. The van der Waals surface area contributed by atoms with Crippen LogP contribution in [0.3, 0.4) is 0 Å². The van der Waals surface area contributed by atoms with Crippen LogP contribution in [0.15, 0.2) is 36.4 Å². The molecule has 0 saturated heterocycles. The lowest BCUT2D eigenvalue weighted by Gasteiger charge is -2.30. The van der Waals surface area contributed by atoms with E-state index in [1.165, 1.54) is 0 Å². The molecule has 1 atom stereocenters. The van der Waals surface area contributed by atoms with Gasteiger partial charge in [-0.1, -0.05) is 19.1 Å². The van der Waals surface area contributed by atoms with Crippen molar-refractivity contribution in [3.05, 3.63) is 58.7 Å². The largest absolute Gasteiger partial charge is 0.462 e. The highest BCUT2D eigenvalue weighted by Gasteiger charge is 2.32. The van der Waals surface area contributed by atoms with Gasteiger partial charge in [0, 0.05) is 5.69 Å². The van der Waals surface area contributed by atoms with Gasteiger partial charge in [0.2, 0.25) is 15.9 Å². The van der Waals surface area contributed by atoms with E-state index in [1.807, 2.05) is 19.9 Å². The van der Waals surface area contributed by atoms with E-state index < -0.39 is 27.9 Å². The van der Waals surface area contributed by atoms with Crippen LogP contribution in [0.4, 0.5) is 11.4 Å².